The third-order valence-corrected chi connectivity index (χ3v) is 5.66. The number of rotatable bonds is 6. The van der Waals surface area contributed by atoms with Gasteiger partial charge in [0, 0.05) is 11.1 Å². The lowest BCUT2D eigenvalue weighted by Crippen LogP contribution is -2.24. The molecule has 1 aliphatic heterocycles. The molecule has 2 atom stereocenters. The van der Waals surface area contributed by atoms with Crippen molar-refractivity contribution in [2.45, 2.75) is 17.7 Å². The number of nitro benzene ring substituents is 1. The van der Waals surface area contributed by atoms with Crippen LogP contribution in [0.15, 0.2) is 51.6 Å². The van der Waals surface area contributed by atoms with Crippen LogP contribution in [0, 0.1) is 10.1 Å². The lowest BCUT2D eigenvalue weighted by Gasteiger charge is -2.14. The molecular formula is C17H12Cl3N5O3S. The summed E-state index contributed by atoms with van der Waals surface area (Å²) in [6.07, 6.45) is 0. The van der Waals surface area contributed by atoms with Crippen LogP contribution < -0.4 is 5.32 Å². The molecule has 3 rings (SSSR count). The van der Waals surface area contributed by atoms with Crippen LogP contribution in [0.2, 0.25) is 15.1 Å². The monoisotopic (exact) mass is 471 g/mol. The second-order valence-electron chi connectivity index (χ2n) is 5.78. The Kier molecular flexibility index (Phi) is 6.74. The van der Waals surface area contributed by atoms with Crippen molar-refractivity contribution < 1.29 is 9.72 Å². The molecule has 1 amide bonds. The van der Waals surface area contributed by atoms with Crippen molar-refractivity contribution in [3.05, 3.63) is 67.1 Å². The van der Waals surface area contributed by atoms with Gasteiger partial charge < -0.3 is 5.32 Å². The smallest absolute Gasteiger partial charge is 0.280 e. The van der Waals surface area contributed by atoms with Crippen molar-refractivity contribution >= 4 is 69.7 Å². The molecule has 12 heteroatoms. The highest BCUT2D eigenvalue weighted by Crippen LogP contribution is 2.35. The summed E-state index contributed by atoms with van der Waals surface area (Å²) < 4.78 is 0. The number of azo groups is 1. The van der Waals surface area contributed by atoms with Gasteiger partial charge in [-0.3, -0.25) is 14.9 Å². The van der Waals surface area contributed by atoms with Gasteiger partial charge in [-0.05, 0) is 25.1 Å². The number of amidine groups is 1. The highest BCUT2D eigenvalue weighted by atomic mass is 35.5. The van der Waals surface area contributed by atoms with Crippen LogP contribution >= 0.6 is 46.6 Å². The number of carbonyl (C=O) groups is 1. The highest BCUT2D eigenvalue weighted by Gasteiger charge is 2.26. The molecule has 0 unspecified atom stereocenters. The lowest BCUT2D eigenvalue weighted by molar-refractivity contribution is -0.385. The van der Waals surface area contributed by atoms with Gasteiger partial charge in [0.05, 0.1) is 31.5 Å². The number of thioether (sulfide) groups is 1. The van der Waals surface area contributed by atoms with Crippen LogP contribution in [0.5, 0.6) is 0 Å². The number of para-hydroxylation sites is 1. The van der Waals surface area contributed by atoms with Gasteiger partial charge in [-0.15, -0.1) is 10.2 Å². The number of nitro groups is 1. The third-order valence-electron chi connectivity index (χ3n) is 3.78. The summed E-state index contributed by atoms with van der Waals surface area (Å²) >= 11 is 19.1. The topological polar surface area (TPSA) is 109 Å². The minimum atomic E-state index is -0.707. The predicted octanol–water partition coefficient (Wildman–Crippen LogP) is 5.81. The molecule has 2 aromatic rings. The summed E-state index contributed by atoms with van der Waals surface area (Å²) in [4.78, 5) is 27.4. The maximum atomic E-state index is 12.5. The summed E-state index contributed by atoms with van der Waals surface area (Å²) in [6, 6.07) is 9.05. The average molecular weight is 473 g/mol. The largest absolute Gasteiger partial charge is 0.323 e. The predicted molar refractivity (Wildman–Crippen MR) is 115 cm³/mol. The first-order chi connectivity index (χ1) is 13.8. The number of nitrogens with one attached hydrogen (secondary N) is 1. The molecule has 0 spiro atoms. The van der Waals surface area contributed by atoms with Crippen LogP contribution in [0.1, 0.15) is 12.5 Å². The molecule has 0 aliphatic carbocycles. The van der Waals surface area contributed by atoms with E-state index in [-0.39, 0.29) is 38.7 Å². The highest BCUT2D eigenvalue weighted by molar-refractivity contribution is 8.01. The van der Waals surface area contributed by atoms with E-state index in [0.29, 0.717) is 5.02 Å². The van der Waals surface area contributed by atoms with Gasteiger partial charge in [-0.25, -0.2) is 4.99 Å². The average Bonchev–Trinajstić information content (AvgIpc) is 3.12. The fourth-order valence-corrected chi connectivity index (χ4v) is 4.12. The van der Waals surface area contributed by atoms with Gasteiger partial charge in [0.15, 0.2) is 5.84 Å². The van der Waals surface area contributed by atoms with E-state index in [2.05, 4.69) is 20.5 Å². The Bertz CT molecular complexity index is 1020. The molecule has 8 nitrogen and oxygen atoms in total. The molecule has 1 heterocycles. The van der Waals surface area contributed by atoms with Crippen molar-refractivity contribution in [2.75, 3.05) is 5.32 Å². The van der Waals surface area contributed by atoms with E-state index in [9.17, 15) is 14.9 Å². The molecule has 1 aliphatic rings. The minimum Gasteiger partial charge on any atom is -0.323 e. The number of halogens is 3. The molecular weight excluding hydrogens is 461 g/mol. The molecule has 1 N–H and O–H groups in total. The Hall–Kier alpha value is -2.20. The number of amides is 1. The molecule has 2 aromatic carbocycles. The standard InChI is InChI=1S/C17H12Cl3N5O3S/c1-8(16(26)21-14-11(19)6-9(18)7-12(14)20)29-17-22-15(23-24-17)10-4-2-3-5-13(10)25(27)28/h2-8,17H,1H3,(H,21,26)/t8-,17-/m0/s1. The minimum absolute atomic E-state index is 0.117. The van der Waals surface area contributed by atoms with Crippen LogP contribution in [0.3, 0.4) is 0 Å². The van der Waals surface area contributed by atoms with E-state index in [1.165, 1.54) is 18.2 Å². The van der Waals surface area contributed by atoms with Crippen LogP contribution in [0.25, 0.3) is 0 Å². The van der Waals surface area contributed by atoms with E-state index in [1.54, 1.807) is 25.1 Å². The molecule has 29 heavy (non-hydrogen) atoms. The lowest BCUT2D eigenvalue weighted by atomic mass is 10.1. The first kappa shape index (κ1) is 21.5. The van der Waals surface area contributed by atoms with Gasteiger partial charge >= 0.3 is 0 Å². The second-order valence-corrected chi connectivity index (χ2v) is 8.43. The number of anilines is 1. The van der Waals surface area contributed by atoms with Gasteiger partial charge in [0.2, 0.25) is 11.4 Å². The molecule has 0 bridgehead atoms. The van der Waals surface area contributed by atoms with E-state index in [1.807, 2.05) is 0 Å². The van der Waals surface area contributed by atoms with E-state index >= 15 is 0 Å². The summed E-state index contributed by atoms with van der Waals surface area (Å²) in [6.45, 7) is 1.66. The number of aliphatic imine (C=N–C) groups is 1. The zero-order valence-corrected chi connectivity index (χ0v) is 17.8. The van der Waals surface area contributed by atoms with E-state index in [4.69, 9.17) is 34.8 Å². The molecule has 0 aromatic heterocycles. The normalized spacial score (nSPS) is 16.4. The van der Waals surface area contributed by atoms with Crippen molar-refractivity contribution in [3.8, 4) is 0 Å². The second kappa shape index (κ2) is 9.08. The molecule has 0 fully saturated rings. The van der Waals surface area contributed by atoms with Crippen LogP contribution in [0.4, 0.5) is 11.4 Å². The maximum Gasteiger partial charge on any atom is 0.280 e. The number of benzene rings is 2. The first-order valence-corrected chi connectivity index (χ1v) is 10.2. The Balaban J connectivity index is 1.69. The number of carbonyl (C=O) groups excluding carboxylic acids is 1. The molecule has 150 valence electrons. The van der Waals surface area contributed by atoms with Crippen molar-refractivity contribution in [1.82, 2.24) is 0 Å². The Morgan fingerprint density at radius 1 is 1.24 bits per heavy atom. The maximum absolute atomic E-state index is 12.5. The first-order valence-electron chi connectivity index (χ1n) is 8.09. The fraction of sp³-hybridized carbons (Fsp3) is 0.176. The van der Waals surface area contributed by atoms with Crippen molar-refractivity contribution in [3.63, 3.8) is 0 Å². The fourth-order valence-electron chi connectivity index (χ4n) is 2.39. The third kappa shape index (κ3) is 5.05. The van der Waals surface area contributed by atoms with Gasteiger partial charge in [-0.1, -0.05) is 58.7 Å². The molecule has 0 saturated heterocycles. The van der Waals surface area contributed by atoms with Gasteiger partial charge in [0.1, 0.15) is 0 Å². The summed E-state index contributed by atoms with van der Waals surface area (Å²) in [7, 11) is 0. The van der Waals surface area contributed by atoms with Crippen LogP contribution in [-0.2, 0) is 4.79 Å². The van der Waals surface area contributed by atoms with E-state index < -0.39 is 15.7 Å². The van der Waals surface area contributed by atoms with Crippen molar-refractivity contribution in [2.24, 2.45) is 15.2 Å². The number of hydrogen-bond acceptors (Lipinski definition) is 7. The zero-order chi connectivity index (χ0) is 21.1. The summed E-state index contributed by atoms with van der Waals surface area (Å²) in [5.74, 6) is -0.225. The quantitative estimate of drug-likeness (QED) is 0.422. The van der Waals surface area contributed by atoms with Gasteiger partial charge in [0.25, 0.3) is 5.69 Å². The number of hydrogen-bond donors (Lipinski definition) is 1. The van der Waals surface area contributed by atoms with E-state index in [0.717, 1.165) is 11.8 Å². The van der Waals surface area contributed by atoms with Crippen LogP contribution in [-0.4, -0.2) is 27.4 Å². The summed E-state index contributed by atoms with van der Waals surface area (Å²) in [5, 5.41) is 21.9. The van der Waals surface area contributed by atoms with Crippen molar-refractivity contribution in [1.29, 1.82) is 0 Å². The Morgan fingerprint density at radius 3 is 2.55 bits per heavy atom. The molecule has 0 saturated carbocycles. The Labute approximate surface area is 184 Å². The van der Waals surface area contributed by atoms with Gasteiger partial charge in [-0.2, -0.15) is 0 Å². The molecule has 0 radical (unpaired) electrons. The Morgan fingerprint density at radius 2 is 1.90 bits per heavy atom. The number of nitrogens with zero attached hydrogens (tertiary/aromatic N) is 4. The SMILES string of the molecule is C[C@H](S[C@@H]1N=NC(c2ccccc2[N+](=O)[O-])=N1)C(=O)Nc1c(Cl)cc(Cl)cc1Cl. The summed E-state index contributed by atoms with van der Waals surface area (Å²) in [5.41, 5.74) is -0.302. The zero-order valence-electron chi connectivity index (χ0n) is 14.7.